The van der Waals surface area contributed by atoms with Crippen molar-refractivity contribution in [3.63, 3.8) is 0 Å². The van der Waals surface area contributed by atoms with Crippen LogP contribution in [0.5, 0.6) is 0 Å². The second kappa shape index (κ2) is 13.5. The summed E-state index contributed by atoms with van der Waals surface area (Å²) in [5.41, 5.74) is 9.08. The van der Waals surface area contributed by atoms with Crippen molar-refractivity contribution in [3.8, 4) is 22.5 Å². The number of hydrogen-bond donors (Lipinski definition) is 0. The molecule has 6 nitrogen and oxygen atoms in total. The topological polar surface area (TPSA) is 61.4 Å². The summed E-state index contributed by atoms with van der Waals surface area (Å²) in [5, 5.41) is 18.2. The molecule has 8 aromatic rings. The number of benzene rings is 5. The van der Waals surface area contributed by atoms with Crippen molar-refractivity contribution in [1.29, 1.82) is 0 Å². The minimum atomic E-state index is -0.827. The highest BCUT2D eigenvalue weighted by Crippen LogP contribution is 2.43. The summed E-state index contributed by atoms with van der Waals surface area (Å²) in [6.45, 7) is 3.02. The smallest absolute Gasteiger partial charge is 0.184 e. The van der Waals surface area contributed by atoms with Gasteiger partial charge in [-0.25, -0.2) is 9.67 Å². The van der Waals surface area contributed by atoms with Crippen LogP contribution in [0.15, 0.2) is 150 Å². The molecule has 49 heavy (non-hydrogen) atoms. The molecule has 7 heteroatoms. The Morgan fingerprint density at radius 1 is 0.653 bits per heavy atom. The monoisotopic (exact) mass is 656 g/mol. The number of hydrogen-bond acceptors (Lipinski definition) is 5. The lowest BCUT2D eigenvalue weighted by Gasteiger charge is -2.36. The highest BCUT2D eigenvalue weighted by atomic mass is 32.1. The summed E-state index contributed by atoms with van der Waals surface area (Å²) >= 11 is 1.71. The van der Waals surface area contributed by atoms with Crippen molar-refractivity contribution < 1.29 is 0 Å². The zero-order valence-electron chi connectivity index (χ0n) is 27.4. The average molecular weight is 657 g/mol. The number of fused-ring (bicyclic) bond motifs is 1. The Morgan fingerprint density at radius 3 is 1.86 bits per heavy atom. The number of thiophene rings is 1. The van der Waals surface area contributed by atoms with E-state index >= 15 is 0 Å². The molecule has 0 atom stereocenters. The Balaban J connectivity index is 1.23. The molecule has 0 spiro atoms. The van der Waals surface area contributed by atoms with Crippen LogP contribution in [0.2, 0.25) is 0 Å². The molecule has 0 aliphatic heterocycles. The van der Waals surface area contributed by atoms with Gasteiger partial charge in [-0.1, -0.05) is 153 Å². The molecule has 0 saturated carbocycles. The quantitative estimate of drug-likeness (QED) is 0.130. The summed E-state index contributed by atoms with van der Waals surface area (Å²) in [6, 6.07) is 48.9. The Hall–Kier alpha value is -5.66. The second-order valence-electron chi connectivity index (χ2n) is 12.3. The Bertz CT molecular complexity index is 2190. The average Bonchev–Trinajstić information content (AvgIpc) is 3.91. The van der Waals surface area contributed by atoms with Crippen LogP contribution in [-0.2, 0) is 18.5 Å². The molecule has 0 radical (unpaired) electrons. The van der Waals surface area contributed by atoms with E-state index in [1.807, 2.05) is 22.9 Å². The first-order valence-corrected chi connectivity index (χ1v) is 17.8. The standard InChI is InChI=1S/C42H36N6S/c1-2-3-23-40-43-38-29-49-30-39(38)47(40)28-31-24-26-32(27-25-31)36-21-13-14-22-37(36)41-44-45-46-48(41)42(33-15-7-4-8-16-33,34-17-9-5-10-18-34)35-19-11-6-12-20-35/h4-22,24-27,29-30H,2-3,23,28H2,1H3. The van der Waals surface area contributed by atoms with Gasteiger partial charge in [0.15, 0.2) is 5.82 Å². The molecule has 0 unspecified atom stereocenters. The summed E-state index contributed by atoms with van der Waals surface area (Å²) in [7, 11) is 0. The summed E-state index contributed by atoms with van der Waals surface area (Å²) in [4.78, 5) is 4.96. The van der Waals surface area contributed by atoms with Crippen LogP contribution in [-0.4, -0.2) is 29.8 Å². The fraction of sp³-hybridized carbons (Fsp3) is 0.143. The Labute approximate surface area is 290 Å². The number of aryl methyl sites for hydroxylation is 1. The third-order valence-electron chi connectivity index (χ3n) is 9.36. The third-order valence-corrected chi connectivity index (χ3v) is 10.1. The van der Waals surface area contributed by atoms with Gasteiger partial charge in [-0.05, 0) is 50.2 Å². The van der Waals surface area contributed by atoms with Crippen LogP contribution >= 0.6 is 11.3 Å². The number of nitrogens with zero attached hydrogens (tertiary/aromatic N) is 6. The van der Waals surface area contributed by atoms with E-state index in [4.69, 9.17) is 15.3 Å². The van der Waals surface area contributed by atoms with Crippen molar-refractivity contribution >= 4 is 22.4 Å². The van der Waals surface area contributed by atoms with Gasteiger partial charge in [-0.3, -0.25) is 0 Å². The number of tetrazole rings is 1. The zero-order valence-corrected chi connectivity index (χ0v) is 28.2. The van der Waals surface area contributed by atoms with Crippen LogP contribution in [0.1, 0.15) is 47.8 Å². The lowest BCUT2D eigenvalue weighted by atomic mass is 9.77. The number of imidazole rings is 1. The minimum Gasteiger partial charge on any atom is -0.323 e. The molecule has 5 aromatic carbocycles. The van der Waals surface area contributed by atoms with Crippen LogP contribution in [0.25, 0.3) is 33.5 Å². The van der Waals surface area contributed by atoms with E-state index in [-0.39, 0.29) is 0 Å². The second-order valence-corrected chi connectivity index (χ2v) is 13.1. The van der Waals surface area contributed by atoms with Crippen molar-refractivity contribution in [2.75, 3.05) is 0 Å². The number of unbranched alkanes of at least 4 members (excludes halogenated alkanes) is 1. The Morgan fingerprint density at radius 2 is 1.24 bits per heavy atom. The molecule has 0 N–H and O–H groups in total. The van der Waals surface area contributed by atoms with Gasteiger partial charge in [0.05, 0.1) is 11.0 Å². The van der Waals surface area contributed by atoms with Crippen LogP contribution in [0, 0.1) is 0 Å². The van der Waals surface area contributed by atoms with E-state index < -0.39 is 5.54 Å². The van der Waals surface area contributed by atoms with Gasteiger partial charge in [-0.15, -0.1) is 16.4 Å². The largest absolute Gasteiger partial charge is 0.323 e. The van der Waals surface area contributed by atoms with Gasteiger partial charge < -0.3 is 4.57 Å². The van der Waals surface area contributed by atoms with Crippen LogP contribution < -0.4 is 0 Å². The molecule has 3 heterocycles. The molecule has 0 aliphatic rings. The lowest BCUT2D eigenvalue weighted by Crippen LogP contribution is -2.39. The van der Waals surface area contributed by atoms with Crippen LogP contribution in [0.4, 0.5) is 0 Å². The van der Waals surface area contributed by atoms with Crippen molar-refractivity contribution in [1.82, 2.24) is 29.8 Å². The van der Waals surface area contributed by atoms with Gasteiger partial charge >= 0.3 is 0 Å². The molecule has 0 fully saturated rings. The van der Waals surface area contributed by atoms with E-state index in [2.05, 4.69) is 149 Å². The molecule has 3 aromatic heterocycles. The molecule has 0 aliphatic carbocycles. The van der Waals surface area contributed by atoms with Crippen molar-refractivity contribution in [3.05, 3.63) is 178 Å². The Kier molecular flexibility index (Phi) is 8.42. The lowest BCUT2D eigenvalue weighted by molar-refractivity contribution is 0.451. The van der Waals surface area contributed by atoms with Gasteiger partial charge in [0.1, 0.15) is 11.4 Å². The minimum absolute atomic E-state index is 0.690. The molecular weight excluding hydrogens is 621 g/mol. The maximum atomic E-state index is 4.96. The predicted octanol–water partition coefficient (Wildman–Crippen LogP) is 9.65. The maximum Gasteiger partial charge on any atom is 0.184 e. The number of aromatic nitrogens is 6. The molecular formula is C42H36N6S. The predicted molar refractivity (Wildman–Crippen MR) is 199 cm³/mol. The summed E-state index contributed by atoms with van der Waals surface area (Å²) in [6.07, 6.45) is 3.28. The highest BCUT2D eigenvalue weighted by molar-refractivity contribution is 7.09. The summed E-state index contributed by atoms with van der Waals surface area (Å²) in [5.74, 6) is 1.86. The van der Waals surface area contributed by atoms with E-state index in [0.29, 0.717) is 5.82 Å². The van der Waals surface area contributed by atoms with E-state index in [1.54, 1.807) is 11.3 Å². The van der Waals surface area contributed by atoms with E-state index in [0.717, 1.165) is 64.7 Å². The zero-order chi connectivity index (χ0) is 33.0. The maximum absolute atomic E-state index is 4.96. The first-order valence-electron chi connectivity index (χ1n) is 16.8. The fourth-order valence-electron chi connectivity index (χ4n) is 7.00. The normalized spacial score (nSPS) is 11.7. The van der Waals surface area contributed by atoms with Gasteiger partial charge in [0.2, 0.25) is 0 Å². The van der Waals surface area contributed by atoms with E-state index in [9.17, 15) is 0 Å². The number of rotatable bonds is 11. The molecule has 0 amide bonds. The van der Waals surface area contributed by atoms with Crippen molar-refractivity contribution in [2.45, 2.75) is 38.3 Å². The fourth-order valence-corrected chi connectivity index (χ4v) is 7.75. The molecule has 0 saturated heterocycles. The molecule has 8 rings (SSSR count). The highest BCUT2D eigenvalue weighted by Gasteiger charge is 2.42. The van der Waals surface area contributed by atoms with E-state index in [1.165, 1.54) is 16.9 Å². The van der Waals surface area contributed by atoms with Crippen LogP contribution in [0.3, 0.4) is 0 Å². The third kappa shape index (κ3) is 5.56. The molecule has 0 bridgehead atoms. The molecule has 240 valence electrons. The first kappa shape index (κ1) is 30.7. The SMILES string of the molecule is CCCCc1nc2cscc2n1Cc1ccc(-c2ccccc2-c2nnnn2C(c2ccccc2)(c2ccccc2)c2ccccc2)cc1. The van der Waals surface area contributed by atoms with Crippen molar-refractivity contribution in [2.24, 2.45) is 0 Å². The summed E-state index contributed by atoms with van der Waals surface area (Å²) < 4.78 is 4.39. The van der Waals surface area contributed by atoms with Gasteiger partial charge in [-0.2, -0.15) is 0 Å². The van der Waals surface area contributed by atoms with Gasteiger partial charge in [0.25, 0.3) is 0 Å². The van der Waals surface area contributed by atoms with Gasteiger partial charge in [0, 0.05) is 29.3 Å². The first-order chi connectivity index (χ1) is 24.3.